The predicted octanol–water partition coefficient (Wildman–Crippen LogP) is 4.50. The summed E-state index contributed by atoms with van der Waals surface area (Å²) in [6, 6.07) is 8.66. The van der Waals surface area contributed by atoms with Crippen molar-refractivity contribution in [2.75, 3.05) is 0 Å². The van der Waals surface area contributed by atoms with Crippen LogP contribution in [0.5, 0.6) is 0 Å². The maximum absolute atomic E-state index is 2.34. The highest BCUT2D eigenvalue weighted by Crippen LogP contribution is 2.43. The Morgan fingerprint density at radius 2 is 1.53 bits per heavy atom. The molecule has 0 fully saturated rings. The highest BCUT2D eigenvalue weighted by atomic mass is 14.9. The molecule has 2 rings (SSSR count). The van der Waals surface area contributed by atoms with Gasteiger partial charge < -0.3 is 4.57 Å². The Kier molecular flexibility index (Phi) is 2.61. The van der Waals surface area contributed by atoms with Gasteiger partial charge in [-0.25, -0.2) is 0 Å². The van der Waals surface area contributed by atoms with E-state index in [2.05, 4.69) is 76.7 Å². The van der Waals surface area contributed by atoms with Crippen molar-refractivity contribution in [1.29, 1.82) is 0 Å². The summed E-state index contributed by atoms with van der Waals surface area (Å²) in [5.41, 5.74) is 3.17. The van der Waals surface area contributed by atoms with Gasteiger partial charge in [0.2, 0.25) is 0 Å². The maximum Gasteiger partial charge on any atom is 0.0480 e. The highest BCUT2D eigenvalue weighted by molar-refractivity contribution is 5.85. The lowest BCUT2D eigenvalue weighted by molar-refractivity contribution is 0.227. The van der Waals surface area contributed by atoms with E-state index in [-0.39, 0.29) is 10.8 Å². The zero-order valence-electron chi connectivity index (χ0n) is 11.8. The summed E-state index contributed by atoms with van der Waals surface area (Å²) < 4.78 is 2.23. The Labute approximate surface area is 104 Å². The van der Waals surface area contributed by atoms with E-state index in [4.69, 9.17) is 0 Å². The Morgan fingerprint density at radius 3 is 2.12 bits per heavy atom. The molecule has 0 atom stereocenters. The van der Waals surface area contributed by atoms with Gasteiger partial charge in [-0.05, 0) is 22.5 Å². The zero-order chi connectivity index (χ0) is 12.8. The second-order valence-corrected chi connectivity index (χ2v) is 6.55. The van der Waals surface area contributed by atoms with Crippen LogP contribution in [-0.2, 0) is 12.5 Å². The normalized spacial score (nSPS) is 13.3. The lowest BCUT2D eigenvalue weighted by Gasteiger charge is -2.39. The molecule has 0 unspecified atom stereocenters. The van der Waals surface area contributed by atoms with Crippen molar-refractivity contribution in [3.05, 3.63) is 36.0 Å². The molecule has 2 aromatic rings. The molecule has 0 bridgehead atoms. The van der Waals surface area contributed by atoms with Crippen molar-refractivity contribution in [3.63, 3.8) is 0 Å². The lowest BCUT2D eigenvalue weighted by atomic mass is 9.65. The number of fused-ring (bicyclic) bond motifs is 1. The first-order valence-corrected chi connectivity index (χ1v) is 6.30. The number of hydrogen-bond acceptors (Lipinski definition) is 0. The minimum absolute atomic E-state index is 0.161. The second-order valence-electron chi connectivity index (χ2n) is 6.55. The minimum atomic E-state index is 0.161. The number of nitrogens with zero attached hydrogens (tertiary/aromatic N) is 1. The van der Waals surface area contributed by atoms with Gasteiger partial charge in [0.15, 0.2) is 0 Å². The highest BCUT2D eigenvalue weighted by Gasteiger charge is 2.36. The average Bonchev–Trinajstić information content (AvgIpc) is 2.56. The summed E-state index contributed by atoms with van der Waals surface area (Å²) in [5.74, 6) is 0. The standard InChI is InChI=1S/C16H23N/c1-15(2,3)16(4,5)13-11-17(6)14-10-8-7-9-12(13)14/h7-11H,1-6H3. The van der Waals surface area contributed by atoms with Crippen LogP contribution in [0.4, 0.5) is 0 Å². The second kappa shape index (κ2) is 3.63. The van der Waals surface area contributed by atoms with E-state index in [0.29, 0.717) is 0 Å². The predicted molar refractivity (Wildman–Crippen MR) is 75.4 cm³/mol. The summed E-state index contributed by atoms with van der Waals surface area (Å²) in [6.45, 7) is 11.6. The fourth-order valence-electron chi connectivity index (χ4n) is 2.24. The van der Waals surface area contributed by atoms with Gasteiger partial charge in [0.25, 0.3) is 0 Å². The SMILES string of the molecule is Cn1cc(C(C)(C)C(C)(C)C)c2ccccc21. The van der Waals surface area contributed by atoms with Gasteiger partial charge in [0.1, 0.15) is 0 Å². The van der Waals surface area contributed by atoms with Crippen molar-refractivity contribution in [2.24, 2.45) is 12.5 Å². The van der Waals surface area contributed by atoms with Crippen LogP contribution in [0.3, 0.4) is 0 Å². The molecular weight excluding hydrogens is 206 g/mol. The number of aryl methyl sites for hydroxylation is 1. The summed E-state index contributed by atoms with van der Waals surface area (Å²) in [5, 5.41) is 1.38. The number of para-hydroxylation sites is 1. The summed E-state index contributed by atoms with van der Waals surface area (Å²) >= 11 is 0. The zero-order valence-corrected chi connectivity index (χ0v) is 11.8. The number of rotatable bonds is 1. The molecule has 92 valence electrons. The van der Waals surface area contributed by atoms with Gasteiger partial charge in [-0.2, -0.15) is 0 Å². The van der Waals surface area contributed by atoms with Crippen LogP contribution in [0.1, 0.15) is 40.2 Å². The summed E-state index contributed by atoms with van der Waals surface area (Å²) in [7, 11) is 2.13. The summed E-state index contributed by atoms with van der Waals surface area (Å²) in [4.78, 5) is 0. The van der Waals surface area contributed by atoms with Gasteiger partial charge in [0, 0.05) is 24.1 Å². The molecule has 0 spiro atoms. The maximum atomic E-state index is 2.34. The third-order valence-electron chi connectivity index (χ3n) is 4.45. The van der Waals surface area contributed by atoms with Crippen LogP contribution in [0, 0.1) is 5.41 Å². The number of aromatic nitrogens is 1. The van der Waals surface area contributed by atoms with E-state index < -0.39 is 0 Å². The first-order valence-electron chi connectivity index (χ1n) is 6.30. The molecule has 0 saturated heterocycles. The molecule has 0 aliphatic carbocycles. The average molecular weight is 229 g/mol. The van der Waals surface area contributed by atoms with Gasteiger partial charge in [-0.1, -0.05) is 52.8 Å². The largest absolute Gasteiger partial charge is 0.350 e. The Morgan fingerprint density at radius 1 is 0.941 bits per heavy atom. The van der Waals surface area contributed by atoms with Crippen molar-refractivity contribution in [2.45, 2.75) is 40.0 Å². The molecule has 0 aliphatic rings. The Balaban J connectivity index is 2.72. The molecule has 1 nitrogen and oxygen atoms in total. The molecule has 1 aromatic carbocycles. The number of benzene rings is 1. The first kappa shape index (κ1) is 12.2. The van der Waals surface area contributed by atoms with Gasteiger partial charge in [-0.15, -0.1) is 0 Å². The van der Waals surface area contributed by atoms with Crippen LogP contribution in [0.15, 0.2) is 30.5 Å². The molecule has 0 amide bonds. The summed E-state index contributed by atoms with van der Waals surface area (Å²) in [6.07, 6.45) is 2.29. The lowest BCUT2D eigenvalue weighted by Crippen LogP contribution is -2.33. The third kappa shape index (κ3) is 1.78. The van der Waals surface area contributed by atoms with E-state index in [1.54, 1.807) is 0 Å². The topological polar surface area (TPSA) is 4.93 Å². The molecule has 0 saturated carbocycles. The smallest absolute Gasteiger partial charge is 0.0480 e. The quantitative estimate of drug-likeness (QED) is 0.678. The van der Waals surface area contributed by atoms with E-state index in [1.807, 2.05) is 0 Å². The van der Waals surface area contributed by atoms with Gasteiger partial charge in [-0.3, -0.25) is 0 Å². The molecule has 17 heavy (non-hydrogen) atoms. The third-order valence-corrected chi connectivity index (χ3v) is 4.45. The molecule has 1 aromatic heterocycles. The van der Waals surface area contributed by atoms with Crippen molar-refractivity contribution in [3.8, 4) is 0 Å². The van der Waals surface area contributed by atoms with E-state index in [0.717, 1.165) is 0 Å². The molecule has 0 radical (unpaired) electrons. The van der Waals surface area contributed by atoms with Crippen molar-refractivity contribution < 1.29 is 0 Å². The fraction of sp³-hybridized carbons (Fsp3) is 0.500. The molecule has 1 heterocycles. The fourth-order valence-corrected chi connectivity index (χ4v) is 2.24. The first-order chi connectivity index (χ1) is 7.75. The molecular formula is C16H23N. The minimum Gasteiger partial charge on any atom is -0.350 e. The van der Waals surface area contributed by atoms with E-state index in [1.165, 1.54) is 16.5 Å². The van der Waals surface area contributed by atoms with Crippen LogP contribution >= 0.6 is 0 Å². The number of hydrogen-bond donors (Lipinski definition) is 0. The van der Waals surface area contributed by atoms with Crippen LogP contribution in [-0.4, -0.2) is 4.57 Å². The van der Waals surface area contributed by atoms with Crippen LogP contribution in [0.2, 0.25) is 0 Å². The Bertz CT molecular complexity index is 538. The molecule has 1 heteroatoms. The van der Waals surface area contributed by atoms with Gasteiger partial charge in [0.05, 0.1) is 0 Å². The Hall–Kier alpha value is -1.24. The molecule has 0 aliphatic heterocycles. The van der Waals surface area contributed by atoms with E-state index >= 15 is 0 Å². The van der Waals surface area contributed by atoms with Gasteiger partial charge >= 0.3 is 0 Å². The monoisotopic (exact) mass is 229 g/mol. The van der Waals surface area contributed by atoms with Crippen LogP contribution in [0.25, 0.3) is 10.9 Å². The van der Waals surface area contributed by atoms with E-state index in [9.17, 15) is 0 Å². The van der Waals surface area contributed by atoms with Crippen molar-refractivity contribution >= 4 is 10.9 Å². The molecule has 0 N–H and O–H groups in total. The van der Waals surface area contributed by atoms with Crippen LogP contribution < -0.4 is 0 Å². The van der Waals surface area contributed by atoms with Crippen molar-refractivity contribution in [1.82, 2.24) is 4.57 Å².